The first kappa shape index (κ1) is 56.1. The van der Waals surface area contributed by atoms with Gasteiger partial charge in [-0.2, -0.15) is 0 Å². The number of hydrogen-bond acceptors (Lipinski definition) is 10. The minimum Gasteiger partial charge on any atom is -0.478 e. The van der Waals surface area contributed by atoms with Crippen molar-refractivity contribution in [2.75, 3.05) is 0 Å². The van der Waals surface area contributed by atoms with Gasteiger partial charge in [0, 0.05) is 37.1 Å². The molecule has 5 rings (SSSR count). The van der Waals surface area contributed by atoms with Crippen LogP contribution in [0, 0.1) is 0 Å². The molecule has 0 atom stereocenters. The summed E-state index contributed by atoms with van der Waals surface area (Å²) in [6.07, 6.45) is 0. The van der Waals surface area contributed by atoms with Gasteiger partial charge in [0.05, 0.1) is 55.6 Å². The van der Waals surface area contributed by atoms with Gasteiger partial charge in [0.1, 0.15) is 0 Å². The van der Waals surface area contributed by atoms with E-state index in [0.717, 1.165) is 0 Å². The smallest absolute Gasteiger partial charge is 0.336 e. The summed E-state index contributed by atoms with van der Waals surface area (Å²) in [5, 5.41) is 85.5. The monoisotopic (exact) mass is 932 g/mol. The third-order valence-corrected chi connectivity index (χ3v) is 6.94. The fourth-order valence-electron chi connectivity index (χ4n) is 4.28. The maximum absolute atomic E-state index is 10.5. The Balaban J connectivity index is 0. The minimum absolute atomic E-state index is 0. The van der Waals surface area contributed by atoms with E-state index in [-0.39, 0.29) is 92.7 Å². The molecule has 0 heterocycles. The summed E-state index contributed by atoms with van der Waals surface area (Å²) in [6.45, 7) is 0. The fourth-order valence-corrected chi connectivity index (χ4v) is 4.28. The molecule has 0 fully saturated rings. The number of rotatable bonds is 10. The summed E-state index contributed by atoms with van der Waals surface area (Å²) in [6, 6.07) is 27.4. The van der Waals surface area contributed by atoms with Crippen molar-refractivity contribution in [1.82, 2.24) is 0 Å². The van der Waals surface area contributed by atoms with E-state index in [1.807, 2.05) is 0 Å². The molecule has 5 aromatic carbocycles. The van der Waals surface area contributed by atoms with Crippen LogP contribution in [-0.2, 0) is 37.1 Å². The summed E-state index contributed by atoms with van der Waals surface area (Å²) < 4.78 is 0. The maximum atomic E-state index is 10.5. The van der Waals surface area contributed by atoms with E-state index in [1.54, 1.807) is 0 Å². The van der Waals surface area contributed by atoms with Crippen LogP contribution in [0.5, 0.6) is 0 Å². The number of aromatic carboxylic acids is 10. The maximum Gasteiger partial charge on any atom is 0.336 e. The van der Waals surface area contributed by atoms with Gasteiger partial charge in [-0.15, -0.1) is 0 Å². The number of carbonyl (C=O) groups is 10. The van der Waals surface area contributed by atoms with Gasteiger partial charge in [-0.25, -0.2) is 47.9 Å². The van der Waals surface area contributed by atoms with Crippen molar-refractivity contribution >= 4 is 59.7 Å². The SMILES string of the molecule is O=C(O)c1ccccc1C(=O)O.O=C(O)c1ccccc1C(=O)O.O=C(O)c1ccccc1C(=O)O.O=C(O)c1ccccc1C(=O)O.O=C(O)c1ccccc1C(=O)O.[V].[V]. The van der Waals surface area contributed by atoms with Gasteiger partial charge in [-0.1, -0.05) is 60.7 Å². The predicted molar refractivity (Wildman–Crippen MR) is 202 cm³/mol. The molecular formula is C40H30O20V2. The van der Waals surface area contributed by atoms with Crippen LogP contribution in [0.15, 0.2) is 121 Å². The third-order valence-electron chi connectivity index (χ3n) is 6.94. The van der Waals surface area contributed by atoms with Crippen molar-refractivity contribution in [3.05, 3.63) is 177 Å². The van der Waals surface area contributed by atoms with Crippen molar-refractivity contribution in [3.63, 3.8) is 0 Å². The molecule has 22 heteroatoms. The van der Waals surface area contributed by atoms with E-state index in [0.29, 0.717) is 0 Å². The van der Waals surface area contributed by atoms with Crippen LogP contribution in [0.25, 0.3) is 0 Å². The molecule has 0 spiro atoms. The Labute approximate surface area is 371 Å². The third kappa shape index (κ3) is 17.8. The Bertz CT molecular complexity index is 1890. The van der Waals surface area contributed by atoms with E-state index < -0.39 is 59.7 Å². The van der Waals surface area contributed by atoms with E-state index >= 15 is 0 Å². The second-order valence-electron chi connectivity index (χ2n) is 10.8. The van der Waals surface area contributed by atoms with Crippen LogP contribution in [0.1, 0.15) is 104 Å². The van der Waals surface area contributed by atoms with Gasteiger partial charge in [0.2, 0.25) is 0 Å². The van der Waals surface area contributed by atoms with Gasteiger partial charge in [-0.3, -0.25) is 0 Å². The Morgan fingerprint density at radius 2 is 0.258 bits per heavy atom. The van der Waals surface area contributed by atoms with Gasteiger partial charge in [0.25, 0.3) is 0 Å². The van der Waals surface area contributed by atoms with E-state index in [4.69, 9.17) is 51.1 Å². The zero-order valence-electron chi connectivity index (χ0n) is 31.0. The number of benzene rings is 5. The predicted octanol–water partition coefficient (Wildman–Crippen LogP) is 5.41. The molecule has 320 valence electrons. The average Bonchev–Trinajstić information content (AvgIpc) is 3.21. The molecule has 0 saturated carbocycles. The largest absolute Gasteiger partial charge is 0.478 e. The molecule has 62 heavy (non-hydrogen) atoms. The molecule has 0 aliphatic rings. The molecule has 2 radical (unpaired) electrons. The molecule has 0 saturated heterocycles. The van der Waals surface area contributed by atoms with E-state index in [9.17, 15) is 47.9 Å². The summed E-state index contributed by atoms with van der Waals surface area (Å²) >= 11 is 0. The van der Waals surface area contributed by atoms with Crippen molar-refractivity contribution in [2.24, 2.45) is 0 Å². The van der Waals surface area contributed by atoms with Gasteiger partial charge in [-0.05, 0) is 60.7 Å². The van der Waals surface area contributed by atoms with Crippen LogP contribution >= 0.6 is 0 Å². The minimum atomic E-state index is -1.23. The van der Waals surface area contributed by atoms with Crippen LogP contribution < -0.4 is 0 Å². The van der Waals surface area contributed by atoms with Gasteiger partial charge in [0.15, 0.2) is 0 Å². The summed E-state index contributed by atoms with van der Waals surface area (Å²) in [5.74, 6) is -12.3. The van der Waals surface area contributed by atoms with Crippen molar-refractivity contribution in [3.8, 4) is 0 Å². The molecule has 0 bridgehead atoms. The summed E-state index contributed by atoms with van der Waals surface area (Å²) in [4.78, 5) is 105. The quantitative estimate of drug-likeness (QED) is 0.0836. The Morgan fingerprint density at radius 3 is 0.306 bits per heavy atom. The molecule has 0 amide bonds. The molecule has 0 aliphatic carbocycles. The van der Waals surface area contributed by atoms with E-state index in [2.05, 4.69) is 0 Å². The second-order valence-corrected chi connectivity index (χ2v) is 10.8. The zero-order chi connectivity index (χ0) is 45.7. The molecular weight excluding hydrogens is 902 g/mol. The number of carboxylic acids is 10. The first-order valence-corrected chi connectivity index (χ1v) is 15.9. The normalized spacial score (nSPS) is 9.03. The first-order valence-electron chi connectivity index (χ1n) is 15.9. The van der Waals surface area contributed by atoms with Crippen LogP contribution in [0.4, 0.5) is 0 Å². The molecule has 0 unspecified atom stereocenters. The van der Waals surface area contributed by atoms with Crippen LogP contribution in [0.2, 0.25) is 0 Å². The Hall–Kier alpha value is -8.03. The first-order chi connectivity index (χ1) is 28.1. The fraction of sp³-hybridized carbons (Fsp3) is 0. The van der Waals surface area contributed by atoms with Crippen molar-refractivity contribution in [1.29, 1.82) is 0 Å². The molecule has 10 N–H and O–H groups in total. The van der Waals surface area contributed by atoms with Gasteiger partial charge >= 0.3 is 59.7 Å². The molecule has 0 aliphatic heterocycles. The van der Waals surface area contributed by atoms with E-state index in [1.165, 1.54) is 121 Å². The second kappa shape index (κ2) is 27.6. The van der Waals surface area contributed by atoms with Gasteiger partial charge < -0.3 is 51.1 Å². The topological polar surface area (TPSA) is 373 Å². The molecule has 20 nitrogen and oxygen atoms in total. The Kier molecular flexibility index (Phi) is 25.0. The van der Waals surface area contributed by atoms with Crippen molar-refractivity contribution in [2.45, 2.75) is 0 Å². The molecule has 0 aromatic heterocycles. The summed E-state index contributed by atoms with van der Waals surface area (Å²) in [7, 11) is 0. The standard InChI is InChI=1S/5C8H6O4.2V/c5*9-7(10)5-3-1-2-4-6(5)8(11)12;;/h5*1-4H,(H,9,10)(H,11,12);;. The zero-order valence-corrected chi connectivity index (χ0v) is 33.8. The van der Waals surface area contributed by atoms with Crippen molar-refractivity contribution < 1.29 is 136 Å². The number of carboxylic acid groups (broad SMARTS) is 10. The number of hydrogen-bond donors (Lipinski definition) is 10. The average molecular weight is 933 g/mol. The Morgan fingerprint density at radius 1 is 0.194 bits per heavy atom. The summed E-state index contributed by atoms with van der Waals surface area (Å²) in [5.41, 5.74) is -1.90. The molecule has 5 aromatic rings. The van der Waals surface area contributed by atoms with Crippen LogP contribution in [0.3, 0.4) is 0 Å². The van der Waals surface area contributed by atoms with Crippen LogP contribution in [-0.4, -0.2) is 111 Å².